The van der Waals surface area contributed by atoms with Gasteiger partial charge in [-0.25, -0.2) is 0 Å². The van der Waals surface area contributed by atoms with Crippen molar-refractivity contribution >= 4 is 33.7 Å². The Morgan fingerprint density at radius 2 is 1.83 bits per heavy atom. The largest absolute Gasteiger partial charge is 0.493 e. The summed E-state index contributed by atoms with van der Waals surface area (Å²) in [6, 6.07) is 5.69. The van der Waals surface area contributed by atoms with Crippen LogP contribution in [-0.4, -0.2) is 28.4 Å². The monoisotopic (exact) mass is 363 g/mol. The van der Waals surface area contributed by atoms with E-state index in [0.717, 1.165) is 10.6 Å². The first kappa shape index (κ1) is 17.1. The maximum absolute atomic E-state index is 5.71. The number of benzene rings is 1. The van der Waals surface area contributed by atoms with Crippen LogP contribution in [0, 0.1) is 0 Å². The van der Waals surface area contributed by atoms with Crippen LogP contribution >= 0.6 is 23.6 Å². The molecule has 1 aliphatic carbocycles. The van der Waals surface area contributed by atoms with Gasteiger partial charge in [0.25, 0.3) is 0 Å². The summed E-state index contributed by atoms with van der Waals surface area (Å²) in [5.74, 6) is 1.42. The Bertz CT molecular complexity index is 717. The lowest BCUT2D eigenvalue weighted by Crippen LogP contribution is -2.14. The summed E-state index contributed by atoms with van der Waals surface area (Å²) in [7, 11) is 0. The zero-order valence-corrected chi connectivity index (χ0v) is 15.7. The Morgan fingerprint density at radius 3 is 2.38 bits per heavy atom. The van der Waals surface area contributed by atoms with Crippen molar-refractivity contribution < 1.29 is 9.47 Å². The maximum Gasteiger partial charge on any atom is 0.210 e. The van der Waals surface area contributed by atoms with Gasteiger partial charge in [-0.1, -0.05) is 36.5 Å². The Hall–Kier alpha value is -1.73. The second-order valence-electron chi connectivity index (χ2n) is 5.92. The lowest BCUT2D eigenvalue weighted by atomic mass is 10.1. The fourth-order valence-corrected chi connectivity index (χ4v) is 3.68. The molecule has 7 heteroatoms. The van der Waals surface area contributed by atoms with Crippen LogP contribution in [0.3, 0.4) is 0 Å². The van der Waals surface area contributed by atoms with E-state index in [0.29, 0.717) is 34.8 Å². The molecule has 0 saturated heterocycles. The summed E-state index contributed by atoms with van der Waals surface area (Å²) in [4.78, 5) is 0.533. The Balaban J connectivity index is 1.84. The van der Waals surface area contributed by atoms with Gasteiger partial charge in [-0.3, -0.25) is 0 Å². The van der Waals surface area contributed by atoms with Gasteiger partial charge in [0.1, 0.15) is 21.5 Å². The van der Waals surface area contributed by atoms with E-state index in [1.165, 1.54) is 12.8 Å². The first-order valence-electron chi connectivity index (χ1n) is 8.11. The van der Waals surface area contributed by atoms with Gasteiger partial charge in [-0.15, -0.1) is 10.2 Å². The summed E-state index contributed by atoms with van der Waals surface area (Å²) in [6.07, 6.45) is 2.35. The fourth-order valence-electron chi connectivity index (χ4n) is 2.36. The maximum atomic E-state index is 5.71. The number of hydrogen-bond donors (Lipinski definition) is 1. The third-order valence-electron chi connectivity index (χ3n) is 3.98. The van der Waals surface area contributed by atoms with Gasteiger partial charge in [0.15, 0.2) is 0 Å². The van der Waals surface area contributed by atoms with Crippen LogP contribution in [0.4, 0.5) is 5.13 Å². The SMILES string of the molecule is CCOc1cccc(OCC)c1C(=S)Nc1nnc(C2(C)CC2)s1. The third-order valence-corrected chi connectivity index (χ3v) is 5.43. The standard InChI is InChI=1S/C17H21N3O2S2/c1-4-21-11-7-6-8-12(22-5-2)13(11)14(23)18-16-20-19-15(24-16)17(3)9-10-17/h6-8H,4-5,9-10H2,1-3H3,(H,18,20,23). The molecule has 2 aromatic rings. The smallest absolute Gasteiger partial charge is 0.210 e. The molecule has 0 bridgehead atoms. The number of nitrogens with one attached hydrogen (secondary N) is 1. The minimum Gasteiger partial charge on any atom is -0.493 e. The van der Waals surface area contributed by atoms with E-state index in [9.17, 15) is 0 Å². The summed E-state index contributed by atoms with van der Waals surface area (Å²) in [5.41, 5.74) is 0.962. The molecule has 1 fully saturated rings. The van der Waals surface area contributed by atoms with Gasteiger partial charge >= 0.3 is 0 Å². The molecule has 1 aliphatic rings. The van der Waals surface area contributed by atoms with Crippen molar-refractivity contribution in [3.05, 3.63) is 28.8 Å². The molecule has 5 nitrogen and oxygen atoms in total. The lowest BCUT2D eigenvalue weighted by molar-refractivity contribution is 0.322. The average Bonchev–Trinajstić information content (AvgIpc) is 3.13. The normalized spacial score (nSPS) is 15.0. The van der Waals surface area contributed by atoms with Crippen molar-refractivity contribution in [1.82, 2.24) is 10.2 Å². The second-order valence-corrected chi connectivity index (χ2v) is 7.31. The van der Waals surface area contributed by atoms with E-state index in [1.807, 2.05) is 32.0 Å². The van der Waals surface area contributed by atoms with E-state index >= 15 is 0 Å². The molecule has 0 atom stereocenters. The highest BCUT2D eigenvalue weighted by Crippen LogP contribution is 2.49. The molecular formula is C17H21N3O2S2. The molecule has 128 valence electrons. The highest BCUT2D eigenvalue weighted by Gasteiger charge is 2.42. The lowest BCUT2D eigenvalue weighted by Gasteiger charge is -2.15. The van der Waals surface area contributed by atoms with E-state index in [4.69, 9.17) is 21.7 Å². The molecule has 0 spiro atoms. The summed E-state index contributed by atoms with van der Waals surface area (Å²) >= 11 is 7.15. The highest BCUT2D eigenvalue weighted by atomic mass is 32.1. The fraction of sp³-hybridized carbons (Fsp3) is 0.471. The molecule has 0 radical (unpaired) electrons. The van der Waals surface area contributed by atoms with Crippen LogP contribution < -0.4 is 14.8 Å². The second kappa shape index (κ2) is 7.03. The van der Waals surface area contributed by atoms with Crippen molar-refractivity contribution in [2.24, 2.45) is 0 Å². The van der Waals surface area contributed by atoms with Crippen molar-refractivity contribution in [2.45, 2.75) is 39.0 Å². The molecule has 1 aromatic heterocycles. The van der Waals surface area contributed by atoms with Gasteiger partial charge in [-0.05, 0) is 38.8 Å². The van der Waals surface area contributed by atoms with Crippen LogP contribution in [0.5, 0.6) is 11.5 Å². The number of nitrogens with zero attached hydrogens (tertiary/aromatic N) is 2. The molecule has 24 heavy (non-hydrogen) atoms. The van der Waals surface area contributed by atoms with Crippen molar-refractivity contribution in [3.8, 4) is 11.5 Å². The molecule has 1 heterocycles. The molecule has 0 aliphatic heterocycles. The molecule has 1 aromatic carbocycles. The van der Waals surface area contributed by atoms with Gasteiger partial charge in [0.2, 0.25) is 5.13 Å². The first-order valence-corrected chi connectivity index (χ1v) is 9.34. The number of aromatic nitrogens is 2. The predicted octanol–water partition coefficient (Wildman–Crippen LogP) is 4.17. The van der Waals surface area contributed by atoms with Gasteiger partial charge in [-0.2, -0.15) is 0 Å². The van der Waals surface area contributed by atoms with Crippen LogP contribution in [-0.2, 0) is 5.41 Å². The highest BCUT2D eigenvalue weighted by molar-refractivity contribution is 7.81. The Kier molecular flexibility index (Phi) is 5.01. The van der Waals surface area contributed by atoms with E-state index in [2.05, 4.69) is 22.4 Å². The number of thiocarbonyl (C=S) groups is 1. The van der Waals surface area contributed by atoms with E-state index < -0.39 is 0 Å². The molecule has 0 unspecified atom stereocenters. The van der Waals surface area contributed by atoms with Crippen LogP contribution in [0.1, 0.15) is 44.2 Å². The van der Waals surface area contributed by atoms with E-state index in [1.54, 1.807) is 11.3 Å². The minimum absolute atomic E-state index is 0.207. The number of anilines is 1. The minimum atomic E-state index is 0.207. The molecule has 1 N–H and O–H groups in total. The van der Waals surface area contributed by atoms with Crippen molar-refractivity contribution in [3.63, 3.8) is 0 Å². The first-order chi connectivity index (χ1) is 11.6. The molecule has 1 saturated carbocycles. The zero-order chi connectivity index (χ0) is 17.2. The summed E-state index contributed by atoms with van der Waals surface area (Å²) in [5, 5.41) is 13.5. The topological polar surface area (TPSA) is 56.3 Å². The predicted molar refractivity (Wildman–Crippen MR) is 101 cm³/mol. The third kappa shape index (κ3) is 3.52. The zero-order valence-electron chi connectivity index (χ0n) is 14.1. The van der Waals surface area contributed by atoms with Crippen molar-refractivity contribution in [1.29, 1.82) is 0 Å². The average molecular weight is 364 g/mol. The van der Waals surface area contributed by atoms with Gasteiger partial charge in [0.05, 0.1) is 18.8 Å². The van der Waals surface area contributed by atoms with Crippen molar-refractivity contribution in [2.75, 3.05) is 18.5 Å². The Morgan fingerprint density at radius 1 is 1.21 bits per heavy atom. The quantitative estimate of drug-likeness (QED) is 0.745. The van der Waals surface area contributed by atoms with Crippen LogP contribution in [0.15, 0.2) is 18.2 Å². The van der Waals surface area contributed by atoms with Crippen LogP contribution in [0.2, 0.25) is 0 Å². The van der Waals surface area contributed by atoms with Crippen LogP contribution in [0.25, 0.3) is 0 Å². The molecule has 0 amide bonds. The molecular weight excluding hydrogens is 342 g/mol. The number of ether oxygens (including phenoxy) is 2. The number of rotatable bonds is 7. The molecule has 3 rings (SSSR count). The van der Waals surface area contributed by atoms with E-state index in [-0.39, 0.29) is 5.41 Å². The van der Waals surface area contributed by atoms with Gasteiger partial charge in [0, 0.05) is 5.41 Å². The van der Waals surface area contributed by atoms with Gasteiger partial charge < -0.3 is 14.8 Å². The Labute approximate surface area is 151 Å². The summed E-state index contributed by atoms with van der Waals surface area (Å²) in [6.45, 7) is 7.23. The summed E-state index contributed by atoms with van der Waals surface area (Å²) < 4.78 is 11.4. The number of hydrogen-bond acceptors (Lipinski definition) is 6.